The van der Waals surface area contributed by atoms with Gasteiger partial charge in [-0.3, -0.25) is 9.59 Å². The van der Waals surface area contributed by atoms with Gasteiger partial charge in [0.05, 0.1) is 19.9 Å². The first-order chi connectivity index (χ1) is 13.3. The fraction of sp³-hybridized carbons (Fsp3) is 0.263. The number of Topliss-reactive ketones (excluding diaryl/α,β-unsaturated/α-hetero) is 1. The summed E-state index contributed by atoms with van der Waals surface area (Å²) in [5.41, 5.74) is 1.29. The van der Waals surface area contributed by atoms with Crippen LogP contribution in [-0.2, 0) is 9.59 Å². The minimum absolute atomic E-state index is 0.166. The molecule has 0 saturated heterocycles. The minimum Gasteiger partial charge on any atom is -0.494 e. The molecular weight excluding hydrogens is 405 g/mol. The smallest absolute Gasteiger partial charge is 0.276 e. The second-order valence-corrected chi connectivity index (χ2v) is 6.49. The number of anilines is 1. The Morgan fingerprint density at radius 3 is 2.18 bits per heavy atom. The number of carbonyl (C=O) groups excluding carboxylic acids is 2. The maximum absolute atomic E-state index is 12.9. The predicted octanol–water partition coefficient (Wildman–Crippen LogP) is 4.89. The second-order valence-electron chi connectivity index (χ2n) is 5.74. The van der Waals surface area contributed by atoms with Crippen LogP contribution in [0.3, 0.4) is 0 Å². The zero-order valence-corrected chi connectivity index (χ0v) is 17.3. The van der Waals surface area contributed by atoms with Gasteiger partial charge < -0.3 is 9.47 Å². The van der Waals surface area contributed by atoms with Gasteiger partial charge in [0.25, 0.3) is 5.91 Å². The summed E-state index contributed by atoms with van der Waals surface area (Å²) in [6.07, 6.45) is 0. The summed E-state index contributed by atoms with van der Waals surface area (Å²) in [7, 11) is 2.86. The van der Waals surface area contributed by atoms with Crippen LogP contribution < -0.4 is 13.9 Å². The van der Waals surface area contributed by atoms with Crippen LogP contribution in [0, 0.1) is 6.92 Å². The van der Waals surface area contributed by atoms with E-state index in [2.05, 4.69) is 10.2 Å². The number of amides is 1. The van der Waals surface area contributed by atoms with Crippen molar-refractivity contribution in [2.24, 2.45) is 10.2 Å². The Balaban J connectivity index is 2.39. The lowest BCUT2D eigenvalue weighted by Crippen LogP contribution is -2.36. The van der Waals surface area contributed by atoms with Gasteiger partial charge in [-0.15, -0.1) is 0 Å². The van der Waals surface area contributed by atoms with Crippen LogP contribution in [0.4, 0.5) is 11.4 Å². The Morgan fingerprint density at radius 2 is 1.64 bits per heavy atom. The van der Waals surface area contributed by atoms with Crippen LogP contribution in [-0.4, -0.2) is 32.0 Å². The Morgan fingerprint density at radius 1 is 1.07 bits per heavy atom. The normalized spacial score (nSPS) is 11.9. The molecule has 0 aromatic heterocycles. The first kappa shape index (κ1) is 21.7. The molecule has 148 valence electrons. The molecule has 0 bridgehead atoms. The lowest BCUT2D eigenvalue weighted by molar-refractivity contribution is -0.126. The average molecular weight is 424 g/mol. The maximum Gasteiger partial charge on any atom is 0.276 e. The number of ether oxygens (including phenoxy) is 2. The van der Waals surface area contributed by atoms with Crippen molar-refractivity contribution in [2.45, 2.75) is 19.9 Å². The van der Waals surface area contributed by atoms with Crippen molar-refractivity contribution < 1.29 is 19.1 Å². The molecular formula is C19H19Cl2N3O4. The first-order valence-electron chi connectivity index (χ1n) is 8.19. The van der Waals surface area contributed by atoms with Gasteiger partial charge in [0.1, 0.15) is 17.2 Å². The van der Waals surface area contributed by atoms with Crippen molar-refractivity contribution in [3.8, 4) is 11.5 Å². The number of methoxy groups -OCH3 is 2. The number of benzene rings is 2. The molecule has 0 aliphatic rings. The molecule has 0 heterocycles. The summed E-state index contributed by atoms with van der Waals surface area (Å²) in [6.45, 7) is 2.99. The van der Waals surface area contributed by atoms with Gasteiger partial charge in [0.15, 0.2) is 5.78 Å². The Labute approximate surface area is 173 Å². The van der Waals surface area contributed by atoms with Gasteiger partial charge >= 0.3 is 0 Å². The highest BCUT2D eigenvalue weighted by Gasteiger charge is 2.32. The minimum atomic E-state index is -1.44. The monoisotopic (exact) mass is 423 g/mol. The molecule has 2 aromatic rings. The number of ketones is 1. The Bertz CT molecular complexity index is 896. The van der Waals surface area contributed by atoms with E-state index in [0.717, 1.165) is 4.42 Å². The number of halogens is 2. The van der Waals surface area contributed by atoms with E-state index in [9.17, 15) is 9.59 Å². The van der Waals surface area contributed by atoms with E-state index in [0.29, 0.717) is 27.8 Å². The number of rotatable bonds is 7. The van der Waals surface area contributed by atoms with E-state index in [1.165, 1.54) is 21.1 Å². The highest BCUT2D eigenvalue weighted by Crippen LogP contribution is 2.39. The summed E-state index contributed by atoms with van der Waals surface area (Å²) in [4.78, 5) is 24.9. The van der Waals surface area contributed by atoms with E-state index in [1.54, 1.807) is 43.3 Å². The van der Waals surface area contributed by atoms with E-state index < -0.39 is 17.7 Å². The zero-order chi connectivity index (χ0) is 20.8. The van der Waals surface area contributed by atoms with E-state index in [4.69, 9.17) is 32.9 Å². The topological polar surface area (TPSA) is 80.6 Å². The molecule has 7 nitrogen and oxygen atoms in total. The SMILES string of the molecule is COc1cccc(OC)c1N(Cl)C(=O)C(N=Nc1cccc(Cl)c1C)C(C)=O. The molecule has 2 rings (SSSR count). The number of para-hydroxylation sites is 1. The summed E-state index contributed by atoms with van der Waals surface area (Å²) in [6, 6.07) is 8.54. The molecule has 0 N–H and O–H groups in total. The molecule has 0 fully saturated rings. The molecule has 9 heteroatoms. The third-order valence-electron chi connectivity index (χ3n) is 3.93. The van der Waals surface area contributed by atoms with Crippen molar-refractivity contribution in [1.29, 1.82) is 0 Å². The van der Waals surface area contributed by atoms with E-state index in [-0.39, 0.29) is 5.69 Å². The van der Waals surface area contributed by atoms with Crippen LogP contribution in [0.1, 0.15) is 12.5 Å². The molecule has 1 amide bonds. The summed E-state index contributed by atoms with van der Waals surface area (Å²) in [5.74, 6) is -0.714. The van der Waals surface area contributed by atoms with Gasteiger partial charge in [0, 0.05) is 16.8 Å². The van der Waals surface area contributed by atoms with Crippen molar-refractivity contribution in [3.05, 3.63) is 47.0 Å². The molecule has 0 saturated carbocycles. The Hall–Kier alpha value is -2.64. The van der Waals surface area contributed by atoms with E-state index >= 15 is 0 Å². The van der Waals surface area contributed by atoms with Gasteiger partial charge in [-0.25, -0.2) is 4.42 Å². The number of carbonyl (C=O) groups is 2. The second kappa shape index (κ2) is 9.52. The van der Waals surface area contributed by atoms with Crippen LogP contribution in [0.2, 0.25) is 5.02 Å². The number of hydrogen-bond acceptors (Lipinski definition) is 6. The molecule has 1 unspecified atom stereocenters. The van der Waals surface area contributed by atoms with Crippen molar-refractivity contribution >= 4 is 46.4 Å². The number of azo groups is 1. The zero-order valence-electron chi connectivity index (χ0n) is 15.8. The maximum atomic E-state index is 12.9. The number of hydrogen-bond donors (Lipinski definition) is 0. The van der Waals surface area contributed by atoms with Crippen LogP contribution >= 0.6 is 23.4 Å². The first-order valence-corrected chi connectivity index (χ1v) is 8.90. The number of nitrogens with zero attached hydrogens (tertiary/aromatic N) is 3. The van der Waals surface area contributed by atoms with Gasteiger partial charge in [0.2, 0.25) is 6.04 Å². The lowest BCUT2D eigenvalue weighted by atomic mass is 10.2. The lowest BCUT2D eigenvalue weighted by Gasteiger charge is -2.21. The van der Waals surface area contributed by atoms with Crippen molar-refractivity contribution in [2.75, 3.05) is 18.6 Å². The van der Waals surface area contributed by atoms with Crippen molar-refractivity contribution in [1.82, 2.24) is 0 Å². The third kappa shape index (κ3) is 4.61. The molecule has 0 aliphatic carbocycles. The highest BCUT2D eigenvalue weighted by molar-refractivity contribution is 6.40. The van der Waals surface area contributed by atoms with Gasteiger partial charge in [-0.05, 0) is 43.7 Å². The third-order valence-corrected chi connectivity index (χ3v) is 4.68. The van der Waals surface area contributed by atoms with Crippen LogP contribution in [0.5, 0.6) is 11.5 Å². The van der Waals surface area contributed by atoms with Crippen LogP contribution in [0.25, 0.3) is 0 Å². The summed E-state index contributed by atoms with van der Waals surface area (Å²) >= 11 is 12.3. The van der Waals surface area contributed by atoms with Gasteiger partial charge in [-0.1, -0.05) is 23.7 Å². The standard InChI is InChI=1S/C19H19Cl2N3O4/c1-11-13(20)7-5-8-14(11)22-23-17(12(2)25)19(26)24(21)18-15(27-3)9-6-10-16(18)28-4/h5-10,17H,1-4H3. The highest BCUT2D eigenvalue weighted by atomic mass is 35.5. The Kier molecular flexibility index (Phi) is 7.37. The quantitative estimate of drug-likeness (QED) is 0.360. The average Bonchev–Trinajstić information content (AvgIpc) is 2.69. The molecule has 2 aromatic carbocycles. The largest absolute Gasteiger partial charge is 0.494 e. The fourth-order valence-electron chi connectivity index (χ4n) is 2.37. The molecule has 28 heavy (non-hydrogen) atoms. The van der Waals surface area contributed by atoms with E-state index in [1.807, 2.05) is 0 Å². The van der Waals surface area contributed by atoms with Gasteiger partial charge in [-0.2, -0.15) is 10.2 Å². The van der Waals surface area contributed by atoms with Crippen molar-refractivity contribution in [3.63, 3.8) is 0 Å². The predicted molar refractivity (Wildman–Crippen MR) is 108 cm³/mol. The molecule has 0 spiro atoms. The summed E-state index contributed by atoms with van der Waals surface area (Å²) < 4.78 is 11.2. The fourth-order valence-corrected chi connectivity index (χ4v) is 2.80. The molecule has 0 radical (unpaired) electrons. The summed E-state index contributed by atoms with van der Waals surface area (Å²) in [5, 5.41) is 8.43. The molecule has 0 aliphatic heterocycles. The van der Waals surface area contributed by atoms with Crippen LogP contribution in [0.15, 0.2) is 46.6 Å². The molecule has 1 atom stereocenters.